The summed E-state index contributed by atoms with van der Waals surface area (Å²) >= 11 is 1.55. The summed E-state index contributed by atoms with van der Waals surface area (Å²) in [5, 5.41) is 13.9. The zero-order valence-electron chi connectivity index (χ0n) is 16.1. The van der Waals surface area contributed by atoms with Crippen LogP contribution in [0.1, 0.15) is 21.6 Å². The van der Waals surface area contributed by atoms with E-state index in [9.17, 15) is 4.79 Å². The molecule has 30 heavy (non-hydrogen) atoms. The maximum absolute atomic E-state index is 13.3. The first-order valence-corrected chi connectivity index (χ1v) is 10.2. The molecule has 0 spiro atoms. The standard InChI is InChI=1S/C22H17N5O2S/c1-14-20-16(12-17(18-8-5-11-30-18)24-22(20)29-26-14)21(28)25-19-9-10-23-27(19)13-15-6-3-2-4-7-15/h2-12H,13H2,1H3,(H,25,28). The van der Waals surface area contributed by atoms with E-state index in [1.54, 1.807) is 41.3 Å². The molecule has 0 saturated heterocycles. The molecule has 1 aromatic carbocycles. The fraction of sp³-hybridized carbons (Fsp3) is 0.0909. The number of hydrogen-bond acceptors (Lipinski definition) is 6. The van der Waals surface area contributed by atoms with Crippen molar-refractivity contribution in [2.75, 3.05) is 5.32 Å². The first-order chi connectivity index (χ1) is 14.7. The van der Waals surface area contributed by atoms with E-state index in [1.807, 2.05) is 47.8 Å². The Morgan fingerprint density at radius 2 is 2.03 bits per heavy atom. The van der Waals surface area contributed by atoms with E-state index in [1.165, 1.54) is 0 Å². The molecular weight excluding hydrogens is 398 g/mol. The Hall–Kier alpha value is -3.78. The Balaban J connectivity index is 1.50. The smallest absolute Gasteiger partial charge is 0.259 e. The molecule has 0 radical (unpaired) electrons. The lowest BCUT2D eigenvalue weighted by Gasteiger charge is -2.10. The van der Waals surface area contributed by atoms with Gasteiger partial charge in [-0.05, 0) is 30.0 Å². The van der Waals surface area contributed by atoms with E-state index in [4.69, 9.17) is 4.52 Å². The molecule has 1 amide bonds. The van der Waals surface area contributed by atoms with Crippen molar-refractivity contribution >= 4 is 34.2 Å². The van der Waals surface area contributed by atoms with Gasteiger partial charge in [0.15, 0.2) is 0 Å². The largest absolute Gasteiger partial charge is 0.335 e. The topological polar surface area (TPSA) is 85.8 Å². The molecule has 148 valence electrons. The number of nitrogens with one attached hydrogen (secondary N) is 1. The number of pyridine rings is 1. The number of amides is 1. The van der Waals surface area contributed by atoms with Crippen molar-refractivity contribution < 1.29 is 9.32 Å². The average molecular weight is 415 g/mol. The summed E-state index contributed by atoms with van der Waals surface area (Å²) in [4.78, 5) is 18.7. The number of hydrogen-bond donors (Lipinski definition) is 1. The van der Waals surface area contributed by atoms with Crippen molar-refractivity contribution in [3.8, 4) is 10.6 Å². The number of anilines is 1. The zero-order valence-corrected chi connectivity index (χ0v) is 16.9. The van der Waals surface area contributed by atoms with Crippen LogP contribution in [0.25, 0.3) is 21.7 Å². The van der Waals surface area contributed by atoms with E-state index in [2.05, 4.69) is 20.6 Å². The van der Waals surface area contributed by atoms with Gasteiger partial charge >= 0.3 is 0 Å². The molecule has 1 N–H and O–H groups in total. The summed E-state index contributed by atoms with van der Waals surface area (Å²) in [6, 6.07) is 17.4. The quantitative estimate of drug-likeness (QED) is 0.447. The lowest BCUT2D eigenvalue weighted by molar-refractivity contribution is 0.102. The summed E-state index contributed by atoms with van der Waals surface area (Å²) < 4.78 is 7.12. The Morgan fingerprint density at radius 1 is 1.17 bits per heavy atom. The number of carbonyl (C=O) groups is 1. The number of rotatable bonds is 5. The van der Waals surface area contributed by atoms with Gasteiger partial charge in [0.05, 0.1) is 40.0 Å². The predicted molar refractivity (Wildman–Crippen MR) is 116 cm³/mol. The van der Waals surface area contributed by atoms with Gasteiger partial charge in [-0.25, -0.2) is 9.67 Å². The Bertz CT molecular complexity index is 1320. The maximum atomic E-state index is 13.3. The third-order valence-electron chi connectivity index (χ3n) is 4.77. The molecule has 0 bridgehead atoms. The number of aryl methyl sites for hydroxylation is 1. The van der Waals surface area contributed by atoms with Gasteiger partial charge in [0.2, 0.25) is 0 Å². The van der Waals surface area contributed by atoms with Crippen LogP contribution >= 0.6 is 11.3 Å². The fourth-order valence-corrected chi connectivity index (χ4v) is 4.02. The lowest BCUT2D eigenvalue weighted by atomic mass is 10.1. The molecule has 7 nitrogen and oxygen atoms in total. The minimum absolute atomic E-state index is 0.263. The number of benzene rings is 1. The molecule has 4 heterocycles. The van der Waals surface area contributed by atoms with Gasteiger partial charge in [-0.1, -0.05) is 41.6 Å². The van der Waals surface area contributed by atoms with Crippen molar-refractivity contribution in [3.05, 3.63) is 83.0 Å². The Kier molecular flexibility index (Phi) is 4.61. The van der Waals surface area contributed by atoms with Crippen LogP contribution < -0.4 is 5.32 Å². The van der Waals surface area contributed by atoms with Gasteiger partial charge in [0.25, 0.3) is 11.6 Å². The van der Waals surface area contributed by atoms with Crippen molar-refractivity contribution in [1.82, 2.24) is 19.9 Å². The predicted octanol–water partition coefficient (Wildman–Crippen LogP) is 4.76. The summed E-state index contributed by atoms with van der Waals surface area (Å²) in [7, 11) is 0. The maximum Gasteiger partial charge on any atom is 0.259 e. The average Bonchev–Trinajstić information content (AvgIpc) is 3.51. The molecule has 0 atom stereocenters. The molecule has 0 aliphatic rings. The highest BCUT2D eigenvalue weighted by atomic mass is 32.1. The van der Waals surface area contributed by atoms with Crippen LogP contribution in [0, 0.1) is 6.92 Å². The second kappa shape index (κ2) is 7.57. The van der Waals surface area contributed by atoms with Crippen LogP contribution in [-0.2, 0) is 6.54 Å². The van der Waals surface area contributed by atoms with Crippen LogP contribution in [0.4, 0.5) is 5.82 Å². The van der Waals surface area contributed by atoms with Gasteiger partial charge in [-0.15, -0.1) is 11.3 Å². The number of fused-ring (bicyclic) bond motifs is 1. The highest BCUT2D eigenvalue weighted by Crippen LogP contribution is 2.30. The fourth-order valence-electron chi connectivity index (χ4n) is 3.33. The summed E-state index contributed by atoms with van der Waals surface area (Å²) in [5.74, 6) is 0.349. The monoisotopic (exact) mass is 415 g/mol. The van der Waals surface area contributed by atoms with Crippen molar-refractivity contribution in [2.45, 2.75) is 13.5 Å². The van der Waals surface area contributed by atoms with Crippen LogP contribution in [0.15, 0.2) is 70.7 Å². The molecule has 0 fully saturated rings. The van der Waals surface area contributed by atoms with Crippen molar-refractivity contribution in [3.63, 3.8) is 0 Å². The molecule has 5 aromatic rings. The number of thiophene rings is 1. The van der Waals surface area contributed by atoms with Crippen LogP contribution in [0.3, 0.4) is 0 Å². The summed E-state index contributed by atoms with van der Waals surface area (Å²) in [6.07, 6.45) is 1.67. The second-order valence-electron chi connectivity index (χ2n) is 6.79. The van der Waals surface area contributed by atoms with Crippen LogP contribution in [0.5, 0.6) is 0 Å². The molecule has 4 aromatic heterocycles. The van der Waals surface area contributed by atoms with Crippen molar-refractivity contribution in [2.24, 2.45) is 0 Å². The van der Waals surface area contributed by atoms with Gasteiger partial charge in [0, 0.05) is 6.07 Å². The van der Waals surface area contributed by atoms with Gasteiger partial charge < -0.3 is 9.84 Å². The van der Waals surface area contributed by atoms with Crippen molar-refractivity contribution in [1.29, 1.82) is 0 Å². The zero-order chi connectivity index (χ0) is 20.5. The molecule has 0 aliphatic carbocycles. The van der Waals surface area contributed by atoms with E-state index >= 15 is 0 Å². The normalized spacial score (nSPS) is 11.1. The van der Waals surface area contributed by atoms with Gasteiger partial charge in [-0.2, -0.15) is 5.10 Å². The minimum Gasteiger partial charge on any atom is -0.335 e. The summed E-state index contributed by atoms with van der Waals surface area (Å²) in [6.45, 7) is 2.36. The van der Waals surface area contributed by atoms with E-state index in [0.29, 0.717) is 40.4 Å². The van der Waals surface area contributed by atoms with Crippen LogP contribution in [0.2, 0.25) is 0 Å². The molecular formula is C22H17N5O2S. The Labute approximate surface area is 176 Å². The first-order valence-electron chi connectivity index (χ1n) is 9.37. The molecule has 5 rings (SSSR count). The lowest BCUT2D eigenvalue weighted by Crippen LogP contribution is -2.17. The molecule has 0 aliphatic heterocycles. The van der Waals surface area contributed by atoms with E-state index in [0.717, 1.165) is 10.4 Å². The molecule has 8 heteroatoms. The second-order valence-corrected chi connectivity index (χ2v) is 7.74. The highest BCUT2D eigenvalue weighted by Gasteiger charge is 2.20. The summed E-state index contributed by atoms with van der Waals surface area (Å²) in [5.41, 5.74) is 3.21. The highest BCUT2D eigenvalue weighted by molar-refractivity contribution is 7.13. The number of nitrogens with zero attached hydrogens (tertiary/aromatic N) is 4. The molecule has 0 saturated carbocycles. The first kappa shape index (κ1) is 18.3. The third kappa shape index (κ3) is 3.37. The number of carbonyl (C=O) groups excluding carboxylic acids is 1. The minimum atomic E-state index is -0.263. The SMILES string of the molecule is Cc1noc2nc(-c3cccs3)cc(C(=O)Nc3ccnn3Cc3ccccc3)c12. The van der Waals surface area contributed by atoms with E-state index in [-0.39, 0.29) is 5.91 Å². The van der Waals surface area contributed by atoms with E-state index < -0.39 is 0 Å². The van der Waals surface area contributed by atoms with Crippen LogP contribution in [-0.4, -0.2) is 25.8 Å². The Morgan fingerprint density at radius 3 is 2.83 bits per heavy atom. The third-order valence-corrected chi connectivity index (χ3v) is 5.66. The number of aromatic nitrogens is 4. The van der Waals surface area contributed by atoms with Gasteiger partial charge in [0.1, 0.15) is 5.82 Å². The molecule has 0 unspecified atom stereocenters. The van der Waals surface area contributed by atoms with Gasteiger partial charge in [-0.3, -0.25) is 4.79 Å².